The first kappa shape index (κ1) is 17.0. The highest BCUT2D eigenvalue weighted by molar-refractivity contribution is 6.04. The van der Waals surface area contributed by atoms with Crippen LogP contribution < -0.4 is 0 Å². The van der Waals surface area contributed by atoms with Gasteiger partial charge < -0.3 is 5.11 Å². The van der Waals surface area contributed by atoms with E-state index in [2.05, 4.69) is 13.5 Å². The Hall–Kier alpha value is -1.41. The number of aliphatic hydroxyl groups excluding tert-OH is 1. The molecule has 0 amide bonds. The molecular formula is C20H28O2. The predicted molar refractivity (Wildman–Crippen MR) is 90.9 cm³/mol. The molecule has 0 aliphatic heterocycles. The highest BCUT2D eigenvalue weighted by Crippen LogP contribution is 2.38. The summed E-state index contributed by atoms with van der Waals surface area (Å²) < 4.78 is 0. The van der Waals surface area contributed by atoms with Crippen LogP contribution in [-0.2, 0) is 0 Å². The van der Waals surface area contributed by atoms with Gasteiger partial charge in [0.15, 0.2) is 5.78 Å². The molecule has 2 nitrogen and oxygen atoms in total. The van der Waals surface area contributed by atoms with Gasteiger partial charge in [-0.15, -0.1) is 0 Å². The molecule has 1 aromatic carbocycles. The van der Waals surface area contributed by atoms with Gasteiger partial charge in [-0.3, -0.25) is 4.79 Å². The summed E-state index contributed by atoms with van der Waals surface area (Å²) in [4.78, 5) is 11.5. The lowest BCUT2D eigenvalue weighted by atomic mass is 9.76. The molecule has 2 heteroatoms. The van der Waals surface area contributed by atoms with Gasteiger partial charge >= 0.3 is 0 Å². The average molecular weight is 300 g/mol. The molecule has 2 rings (SSSR count). The average Bonchev–Trinajstić information content (AvgIpc) is 2.59. The number of allylic oxidation sites excluding steroid dienone is 1. The molecule has 1 fully saturated rings. The Morgan fingerprint density at radius 1 is 1.27 bits per heavy atom. The van der Waals surface area contributed by atoms with Crippen LogP contribution in [-0.4, -0.2) is 10.9 Å². The third kappa shape index (κ3) is 4.30. The van der Waals surface area contributed by atoms with Gasteiger partial charge in [0, 0.05) is 5.56 Å². The lowest BCUT2D eigenvalue weighted by Gasteiger charge is -2.31. The van der Waals surface area contributed by atoms with Crippen molar-refractivity contribution >= 4 is 5.78 Å². The summed E-state index contributed by atoms with van der Waals surface area (Å²) in [7, 11) is 0. The molecule has 1 N–H and O–H groups in total. The number of carbonyl (C=O) groups is 1. The van der Waals surface area contributed by atoms with Gasteiger partial charge in [-0.1, -0.05) is 69.9 Å². The van der Waals surface area contributed by atoms with Crippen LogP contribution in [0.1, 0.15) is 73.9 Å². The smallest absolute Gasteiger partial charge is 0.185 e. The summed E-state index contributed by atoms with van der Waals surface area (Å²) >= 11 is 0. The molecule has 120 valence electrons. The minimum absolute atomic E-state index is 0.0718. The van der Waals surface area contributed by atoms with E-state index in [1.807, 2.05) is 12.1 Å². The summed E-state index contributed by atoms with van der Waals surface area (Å²) in [6, 6.07) is 7.33. The van der Waals surface area contributed by atoms with E-state index in [-0.39, 0.29) is 5.78 Å². The van der Waals surface area contributed by atoms with Crippen LogP contribution in [0.25, 0.3) is 0 Å². The number of hydrogen-bond donors (Lipinski definition) is 1. The maximum absolute atomic E-state index is 11.5. The Morgan fingerprint density at radius 3 is 2.45 bits per heavy atom. The SMILES string of the molecule is C=CC(=O)c1ccc(C(O)C2CCC(CCCC)CC2)cc1. The van der Waals surface area contributed by atoms with Gasteiger partial charge in [0.25, 0.3) is 0 Å². The monoisotopic (exact) mass is 300 g/mol. The van der Waals surface area contributed by atoms with Crippen molar-refractivity contribution < 1.29 is 9.90 Å². The first-order valence-electron chi connectivity index (χ1n) is 8.60. The first-order valence-corrected chi connectivity index (χ1v) is 8.60. The van der Waals surface area contributed by atoms with Crippen molar-refractivity contribution in [3.63, 3.8) is 0 Å². The van der Waals surface area contributed by atoms with Crippen molar-refractivity contribution in [3.05, 3.63) is 48.0 Å². The highest BCUT2D eigenvalue weighted by atomic mass is 16.3. The van der Waals surface area contributed by atoms with Crippen LogP contribution in [0.3, 0.4) is 0 Å². The second-order valence-electron chi connectivity index (χ2n) is 6.56. The van der Waals surface area contributed by atoms with Gasteiger partial charge in [-0.05, 0) is 36.3 Å². The van der Waals surface area contributed by atoms with E-state index >= 15 is 0 Å². The third-order valence-electron chi connectivity index (χ3n) is 5.03. The summed E-state index contributed by atoms with van der Waals surface area (Å²) in [5.41, 5.74) is 1.56. The van der Waals surface area contributed by atoms with Gasteiger partial charge in [0.2, 0.25) is 0 Å². The van der Waals surface area contributed by atoms with Crippen LogP contribution in [0.4, 0.5) is 0 Å². The van der Waals surface area contributed by atoms with E-state index < -0.39 is 6.10 Å². The fourth-order valence-corrected chi connectivity index (χ4v) is 3.52. The van der Waals surface area contributed by atoms with E-state index in [4.69, 9.17) is 0 Å². The third-order valence-corrected chi connectivity index (χ3v) is 5.03. The lowest BCUT2D eigenvalue weighted by molar-refractivity contribution is 0.0720. The van der Waals surface area contributed by atoms with Crippen LogP contribution in [0, 0.1) is 11.8 Å². The van der Waals surface area contributed by atoms with Crippen molar-refractivity contribution in [2.75, 3.05) is 0 Å². The minimum atomic E-state index is -0.403. The molecule has 1 aromatic rings. The van der Waals surface area contributed by atoms with Gasteiger partial charge in [-0.25, -0.2) is 0 Å². The van der Waals surface area contributed by atoms with E-state index in [1.54, 1.807) is 12.1 Å². The number of benzene rings is 1. The van der Waals surface area contributed by atoms with Crippen molar-refractivity contribution in [2.24, 2.45) is 11.8 Å². The molecule has 1 aliphatic rings. The number of hydrogen-bond acceptors (Lipinski definition) is 2. The van der Waals surface area contributed by atoms with E-state index in [0.717, 1.165) is 24.3 Å². The maximum Gasteiger partial charge on any atom is 0.185 e. The van der Waals surface area contributed by atoms with Gasteiger partial charge in [0.05, 0.1) is 6.10 Å². The molecule has 0 spiro atoms. The number of carbonyl (C=O) groups excluding carboxylic acids is 1. The minimum Gasteiger partial charge on any atom is -0.388 e. The summed E-state index contributed by atoms with van der Waals surface area (Å²) in [6.45, 7) is 5.74. The summed E-state index contributed by atoms with van der Waals surface area (Å²) in [6.07, 6.45) is 9.59. The molecule has 0 radical (unpaired) electrons. The molecule has 22 heavy (non-hydrogen) atoms. The van der Waals surface area contributed by atoms with Crippen molar-refractivity contribution in [3.8, 4) is 0 Å². The van der Waals surface area contributed by atoms with E-state index in [1.165, 1.54) is 38.2 Å². The van der Waals surface area contributed by atoms with Crippen LogP contribution >= 0.6 is 0 Å². The largest absolute Gasteiger partial charge is 0.388 e. The van der Waals surface area contributed by atoms with Gasteiger partial charge in [0.1, 0.15) is 0 Å². The molecule has 1 atom stereocenters. The zero-order valence-electron chi connectivity index (χ0n) is 13.6. The lowest BCUT2D eigenvalue weighted by Crippen LogP contribution is -2.20. The quantitative estimate of drug-likeness (QED) is 0.563. The normalized spacial score (nSPS) is 23.0. The van der Waals surface area contributed by atoms with Crippen molar-refractivity contribution in [1.82, 2.24) is 0 Å². The summed E-state index contributed by atoms with van der Waals surface area (Å²) in [5, 5.41) is 10.6. The van der Waals surface area contributed by atoms with Gasteiger partial charge in [-0.2, -0.15) is 0 Å². The molecule has 0 bridgehead atoms. The van der Waals surface area contributed by atoms with E-state index in [0.29, 0.717) is 11.5 Å². The fraction of sp³-hybridized carbons (Fsp3) is 0.550. The van der Waals surface area contributed by atoms with Crippen LogP contribution in [0.2, 0.25) is 0 Å². The number of ketones is 1. The molecule has 1 saturated carbocycles. The molecule has 1 aliphatic carbocycles. The second kappa shape index (κ2) is 8.28. The topological polar surface area (TPSA) is 37.3 Å². The summed E-state index contributed by atoms with van der Waals surface area (Å²) in [5.74, 6) is 1.15. The van der Waals surface area contributed by atoms with Crippen molar-refractivity contribution in [1.29, 1.82) is 0 Å². The predicted octanol–water partition coefficient (Wildman–Crippen LogP) is 5.09. The molecule has 0 heterocycles. The van der Waals surface area contributed by atoms with Crippen LogP contribution in [0.15, 0.2) is 36.9 Å². The standard InChI is InChI=1S/C20H28O2/c1-3-5-6-15-7-9-17(10-8-15)20(22)18-13-11-16(12-14-18)19(21)4-2/h4,11-15,17,20,22H,2-3,5-10H2,1H3. The number of unbranched alkanes of at least 4 members (excludes halogenated alkanes) is 1. The number of aliphatic hydroxyl groups is 1. The zero-order chi connectivity index (χ0) is 15.9. The Labute approximate surface area is 134 Å². The van der Waals surface area contributed by atoms with Crippen LogP contribution in [0.5, 0.6) is 0 Å². The second-order valence-corrected chi connectivity index (χ2v) is 6.56. The molecule has 0 aromatic heterocycles. The molecular weight excluding hydrogens is 272 g/mol. The molecule has 0 saturated heterocycles. The Bertz CT molecular complexity index is 481. The fourth-order valence-electron chi connectivity index (χ4n) is 3.52. The zero-order valence-corrected chi connectivity index (χ0v) is 13.6. The number of rotatable bonds is 7. The van der Waals surface area contributed by atoms with E-state index in [9.17, 15) is 9.90 Å². The highest BCUT2D eigenvalue weighted by Gasteiger charge is 2.27. The Kier molecular flexibility index (Phi) is 6.38. The maximum atomic E-state index is 11.5. The van der Waals surface area contributed by atoms with Crippen molar-refractivity contribution in [2.45, 2.75) is 58.0 Å². The Balaban J connectivity index is 1.90. The molecule has 1 unspecified atom stereocenters. The Morgan fingerprint density at radius 2 is 1.91 bits per heavy atom. The first-order chi connectivity index (χ1) is 10.7.